The number of carbonyl (C=O) groups excluding carboxylic acids is 1. The Hall–Kier alpha value is -2.34. The number of likely N-dealkylation sites (tertiary alicyclic amines) is 1. The van der Waals surface area contributed by atoms with Crippen LogP contribution in [0.25, 0.3) is 5.69 Å². The van der Waals surface area contributed by atoms with Crippen LogP contribution in [0.2, 0.25) is 5.02 Å². The molecule has 2 fully saturated rings. The van der Waals surface area contributed by atoms with Gasteiger partial charge in [-0.1, -0.05) is 30.5 Å². The Labute approximate surface area is 162 Å². The quantitative estimate of drug-likeness (QED) is 0.871. The van der Waals surface area contributed by atoms with Gasteiger partial charge in [-0.25, -0.2) is 9.48 Å². The Morgan fingerprint density at radius 3 is 2.78 bits per heavy atom. The Kier molecular flexibility index (Phi) is 4.68. The SMILES string of the molecule is Cc1c(C(=O)N2C(C(=O)O)CC3CCCCC32)cnn1-c1cccc(Cl)c1. The van der Waals surface area contributed by atoms with Gasteiger partial charge >= 0.3 is 5.97 Å². The number of nitrogens with zero attached hydrogens (tertiary/aromatic N) is 3. The number of aromatic nitrogens is 2. The van der Waals surface area contributed by atoms with Crippen molar-refractivity contribution in [3.63, 3.8) is 0 Å². The molecule has 1 amide bonds. The zero-order chi connectivity index (χ0) is 19.1. The topological polar surface area (TPSA) is 75.4 Å². The van der Waals surface area contributed by atoms with E-state index in [9.17, 15) is 14.7 Å². The van der Waals surface area contributed by atoms with Crippen LogP contribution < -0.4 is 0 Å². The van der Waals surface area contributed by atoms with Gasteiger partial charge in [-0.05, 0) is 50.3 Å². The number of fused-ring (bicyclic) bond motifs is 1. The number of halogens is 1. The molecule has 2 aliphatic rings. The number of hydrogen-bond donors (Lipinski definition) is 1. The fourth-order valence-corrected chi connectivity index (χ4v) is 4.78. The Bertz CT molecular complexity index is 894. The smallest absolute Gasteiger partial charge is 0.326 e. The van der Waals surface area contributed by atoms with E-state index >= 15 is 0 Å². The summed E-state index contributed by atoms with van der Waals surface area (Å²) in [5, 5.41) is 14.6. The third kappa shape index (κ3) is 3.12. The van der Waals surface area contributed by atoms with Gasteiger partial charge < -0.3 is 10.0 Å². The summed E-state index contributed by atoms with van der Waals surface area (Å²) in [5.41, 5.74) is 1.91. The van der Waals surface area contributed by atoms with Crippen molar-refractivity contribution in [2.75, 3.05) is 0 Å². The molecule has 6 nitrogen and oxygen atoms in total. The highest BCUT2D eigenvalue weighted by atomic mass is 35.5. The first-order valence-corrected chi connectivity index (χ1v) is 9.71. The molecule has 1 N–H and O–H groups in total. The van der Waals surface area contributed by atoms with E-state index in [2.05, 4.69) is 5.10 Å². The lowest BCUT2D eigenvalue weighted by atomic mass is 9.84. The lowest BCUT2D eigenvalue weighted by Gasteiger charge is -2.32. The number of rotatable bonds is 3. The number of amides is 1. The largest absolute Gasteiger partial charge is 0.480 e. The fraction of sp³-hybridized carbons (Fsp3) is 0.450. The van der Waals surface area contributed by atoms with Crippen molar-refractivity contribution < 1.29 is 14.7 Å². The maximum atomic E-state index is 13.3. The van der Waals surface area contributed by atoms with Crippen molar-refractivity contribution in [3.05, 3.63) is 46.7 Å². The van der Waals surface area contributed by atoms with Crippen molar-refractivity contribution in [1.29, 1.82) is 0 Å². The molecule has 2 heterocycles. The second-order valence-electron chi connectivity index (χ2n) is 7.45. The Morgan fingerprint density at radius 1 is 1.26 bits per heavy atom. The Balaban J connectivity index is 1.69. The molecule has 3 unspecified atom stereocenters. The van der Waals surface area contributed by atoms with Crippen LogP contribution in [-0.2, 0) is 4.79 Å². The van der Waals surface area contributed by atoms with Crippen LogP contribution in [0.3, 0.4) is 0 Å². The van der Waals surface area contributed by atoms with E-state index in [0.29, 0.717) is 22.7 Å². The number of aliphatic carboxylic acids is 1. The van der Waals surface area contributed by atoms with Crippen molar-refractivity contribution in [1.82, 2.24) is 14.7 Å². The predicted molar refractivity (Wildman–Crippen MR) is 101 cm³/mol. The maximum Gasteiger partial charge on any atom is 0.326 e. The number of hydrogen-bond acceptors (Lipinski definition) is 3. The summed E-state index contributed by atoms with van der Waals surface area (Å²) in [6, 6.07) is 6.52. The first kappa shape index (κ1) is 18.0. The maximum absolute atomic E-state index is 13.3. The van der Waals surface area contributed by atoms with E-state index in [4.69, 9.17) is 11.6 Å². The van der Waals surface area contributed by atoms with Gasteiger partial charge in [-0.2, -0.15) is 5.10 Å². The molecule has 1 aliphatic heterocycles. The van der Waals surface area contributed by atoms with Gasteiger partial charge in [0.05, 0.1) is 23.1 Å². The zero-order valence-corrected chi connectivity index (χ0v) is 15.9. The molecule has 3 atom stereocenters. The molecular formula is C20H22ClN3O3. The molecule has 2 aromatic rings. The minimum atomic E-state index is -0.919. The number of carbonyl (C=O) groups is 2. The van der Waals surface area contributed by atoms with Crippen LogP contribution >= 0.6 is 11.6 Å². The highest BCUT2D eigenvalue weighted by Gasteiger charge is 2.48. The normalized spacial score (nSPS) is 24.7. The zero-order valence-electron chi connectivity index (χ0n) is 15.1. The van der Waals surface area contributed by atoms with Crippen molar-refractivity contribution in [3.8, 4) is 5.69 Å². The molecule has 4 rings (SSSR count). The number of benzene rings is 1. The third-order valence-electron chi connectivity index (χ3n) is 5.90. The molecule has 142 valence electrons. The van der Waals surface area contributed by atoms with Crippen molar-refractivity contribution in [2.24, 2.45) is 5.92 Å². The highest BCUT2D eigenvalue weighted by Crippen LogP contribution is 2.40. The predicted octanol–water partition coefficient (Wildman–Crippen LogP) is 3.69. The molecule has 27 heavy (non-hydrogen) atoms. The van der Waals surface area contributed by atoms with Crippen LogP contribution in [0.4, 0.5) is 0 Å². The average molecular weight is 388 g/mol. The monoisotopic (exact) mass is 387 g/mol. The van der Waals surface area contributed by atoms with Gasteiger partial charge in [-0.15, -0.1) is 0 Å². The van der Waals surface area contributed by atoms with E-state index in [1.807, 2.05) is 19.1 Å². The molecule has 7 heteroatoms. The molecular weight excluding hydrogens is 366 g/mol. The second kappa shape index (κ2) is 7.00. The third-order valence-corrected chi connectivity index (χ3v) is 6.14. The molecule has 0 radical (unpaired) electrons. The average Bonchev–Trinajstić information content (AvgIpc) is 3.22. The summed E-state index contributed by atoms with van der Waals surface area (Å²) in [6.07, 6.45) is 6.11. The van der Waals surface area contributed by atoms with E-state index < -0.39 is 12.0 Å². The number of carboxylic acid groups (broad SMARTS) is 1. The summed E-state index contributed by atoms with van der Waals surface area (Å²) in [5.74, 6) is -0.868. The summed E-state index contributed by atoms with van der Waals surface area (Å²) in [4.78, 5) is 26.8. The standard InChI is InChI=1S/C20H22ClN3O3/c1-12-16(11-22-24(12)15-7-4-6-14(21)10-15)19(25)23-17-8-3-2-5-13(17)9-18(23)20(26)27/h4,6-7,10-11,13,17-18H,2-3,5,8-9H2,1H3,(H,26,27). The van der Waals surface area contributed by atoms with Crippen LogP contribution in [0.15, 0.2) is 30.5 Å². The first-order chi connectivity index (χ1) is 13.0. The van der Waals surface area contributed by atoms with Gasteiger partial charge in [0, 0.05) is 11.1 Å². The minimum Gasteiger partial charge on any atom is -0.480 e. The molecule has 1 aromatic carbocycles. The van der Waals surface area contributed by atoms with Gasteiger partial charge in [0.25, 0.3) is 5.91 Å². The molecule has 1 aliphatic carbocycles. The van der Waals surface area contributed by atoms with Gasteiger partial charge in [0.15, 0.2) is 0 Å². The summed E-state index contributed by atoms with van der Waals surface area (Å²) >= 11 is 6.07. The molecule has 0 bridgehead atoms. The lowest BCUT2D eigenvalue weighted by molar-refractivity contribution is -0.141. The van der Waals surface area contributed by atoms with E-state index in [1.165, 1.54) is 6.20 Å². The summed E-state index contributed by atoms with van der Waals surface area (Å²) in [6.45, 7) is 1.82. The van der Waals surface area contributed by atoms with Crippen LogP contribution in [0.1, 0.15) is 48.2 Å². The van der Waals surface area contributed by atoms with Gasteiger partial charge in [0.2, 0.25) is 0 Å². The first-order valence-electron chi connectivity index (χ1n) is 9.33. The molecule has 1 aromatic heterocycles. The molecule has 1 saturated heterocycles. The van der Waals surface area contributed by atoms with E-state index in [1.54, 1.807) is 21.7 Å². The number of carboxylic acids is 1. The molecule has 0 spiro atoms. The van der Waals surface area contributed by atoms with Crippen LogP contribution in [-0.4, -0.2) is 43.7 Å². The minimum absolute atomic E-state index is 0.0151. The second-order valence-corrected chi connectivity index (χ2v) is 7.89. The van der Waals surface area contributed by atoms with Crippen LogP contribution in [0, 0.1) is 12.8 Å². The Morgan fingerprint density at radius 2 is 2.04 bits per heavy atom. The fourth-order valence-electron chi connectivity index (χ4n) is 4.60. The van der Waals surface area contributed by atoms with Crippen molar-refractivity contribution >= 4 is 23.5 Å². The van der Waals surface area contributed by atoms with Gasteiger partial charge in [-0.3, -0.25) is 4.79 Å². The lowest BCUT2D eigenvalue weighted by Crippen LogP contribution is -2.46. The van der Waals surface area contributed by atoms with Gasteiger partial charge in [0.1, 0.15) is 6.04 Å². The molecule has 1 saturated carbocycles. The highest BCUT2D eigenvalue weighted by molar-refractivity contribution is 6.30. The van der Waals surface area contributed by atoms with E-state index in [-0.39, 0.29) is 17.9 Å². The van der Waals surface area contributed by atoms with E-state index in [0.717, 1.165) is 31.4 Å². The summed E-state index contributed by atoms with van der Waals surface area (Å²) < 4.78 is 1.67. The van der Waals surface area contributed by atoms with Crippen LogP contribution in [0.5, 0.6) is 0 Å². The summed E-state index contributed by atoms with van der Waals surface area (Å²) in [7, 11) is 0. The van der Waals surface area contributed by atoms with Crippen molar-refractivity contribution in [2.45, 2.75) is 51.1 Å².